The number of benzene rings is 1. The van der Waals surface area contributed by atoms with Gasteiger partial charge in [-0.25, -0.2) is 0 Å². The van der Waals surface area contributed by atoms with Gasteiger partial charge in [0.15, 0.2) is 11.5 Å². The van der Waals surface area contributed by atoms with Gasteiger partial charge in [-0.3, -0.25) is 5.10 Å². The highest BCUT2D eigenvalue weighted by atomic mass is 16.7. The smallest absolute Gasteiger partial charge is 0.231 e. The number of nitrogens with two attached hydrogens (primary N) is 1. The van der Waals surface area contributed by atoms with Crippen LogP contribution in [-0.2, 0) is 6.42 Å². The van der Waals surface area contributed by atoms with E-state index in [0.717, 1.165) is 40.3 Å². The van der Waals surface area contributed by atoms with Gasteiger partial charge in [0, 0.05) is 17.7 Å². The van der Waals surface area contributed by atoms with Gasteiger partial charge in [-0.1, -0.05) is 0 Å². The van der Waals surface area contributed by atoms with Crippen LogP contribution >= 0.6 is 0 Å². The lowest BCUT2D eigenvalue weighted by Crippen LogP contribution is -2.04. The molecule has 1 aromatic carbocycles. The van der Waals surface area contributed by atoms with E-state index in [-0.39, 0.29) is 0 Å². The molecule has 0 fully saturated rings. The molecule has 5 nitrogen and oxygen atoms in total. The summed E-state index contributed by atoms with van der Waals surface area (Å²) in [4.78, 5) is 0. The number of aryl methyl sites for hydroxylation is 1. The minimum Gasteiger partial charge on any atom is -0.454 e. The van der Waals surface area contributed by atoms with Crippen LogP contribution in [0.1, 0.15) is 11.3 Å². The largest absolute Gasteiger partial charge is 0.454 e. The standard InChI is InChI=1S/C13H15N3O2/c1-8-4-12-13(18-7-17-12)5-9(8)10-6-15-16-11(10)2-3-14/h4-6H,2-3,7,14H2,1H3,(H,15,16). The number of fused-ring (bicyclic) bond motifs is 1. The maximum absolute atomic E-state index is 5.60. The molecule has 0 amide bonds. The van der Waals surface area contributed by atoms with Crippen molar-refractivity contribution < 1.29 is 9.47 Å². The fourth-order valence-electron chi connectivity index (χ4n) is 2.21. The van der Waals surface area contributed by atoms with E-state index in [1.54, 1.807) is 0 Å². The lowest BCUT2D eigenvalue weighted by atomic mass is 9.99. The number of hydrogen-bond donors (Lipinski definition) is 2. The molecule has 1 aliphatic heterocycles. The molecule has 2 heterocycles. The van der Waals surface area contributed by atoms with Crippen LogP contribution in [0, 0.1) is 6.92 Å². The van der Waals surface area contributed by atoms with Crippen LogP contribution in [-0.4, -0.2) is 23.5 Å². The summed E-state index contributed by atoms with van der Waals surface area (Å²) in [5.41, 5.74) is 9.98. The molecule has 0 bridgehead atoms. The van der Waals surface area contributed by atoms with Crippen molar-refractivity contribution >= 4 is 0 Å². The van der Waals surface area contributed by atoms with Crippen LogP contribution in [0.4, 0.5) is 0 Å². The monoisotopic (exact) mass is 245 g/mol. The number of rotatable bonds is 3. The third-order valence-corrected chi connectivity index (χ3v) is 3.12. The Morgan fingerprint density at radius 2 is 2.06 bits per heavy atom. The van der Waals surface area contributed by atoms with Gasteiger partial charge in [0.1, 0.15) is 0 Å². The highest BCUT2D eigenvalue weighted by Gasteiger charge is 2.18. The zero-order valence-electron chi connectivity index (χ0n) is 10.2. The number of ether oxygens (including phenoxy) is 2. The predicted octanol–water partition coefficient (Wildman–Crippen LogP) is 1.62. The van der Waals surface area contributed by atoms with E-state index in [2.05, 4.69) is 17.1 Å². The Balaban J connectivity index is 2.08. The fourth-order valence-corrected chi connectivity index (χ4v) is 2.21. The topological polar surface area (TPSA) is 73.2 Å². The van der Waals surface area contributed by atoms with Gasteiger partial charge < -0.3 is 15.2 Å². The molecule has 1 aromatic heterocycles. The number of aromatic amines is 1. The fraction of sp³-hybridized carbons (Fsp3) is 0.308. The molecule has 1 aliphatic rings. The number of hydrogen-bond acceptors (Lipinski definition) is 4. The zero-order valence-corrected chi connectivity index (χ0v) is 10.2. The third kappa shape index (κ3) is 1.73. The van der Waals surface area contributed by atoms with Gasteiger partial charge in [-0.05, 0) is 36.7 Å². The second-order valence-corrected chi connectivity index (χ2v) is 4.32. The Kier molecular flexibility index (Phi) is 2.68. The molecule has 0 saturated heterocycles. The van der Waals surface area contributed by atoms with Crippen LogP contribution in [0.5, 0.6) is 11.5 Å². The van der Waals surface area contributed by atoms with E-state index in [1.807, 2.05) is 18.3 Å². The SMILES string of the molecule is Cc1cc2c(cc1-c1cn[nH]c1CCN)OCO2. The predicted molar refractivity (Wildman–Crippen MR) is 67.6 cm³/mol. The Hall–Kier alpha value is -2.01. The van der Waals surface area contributed by atoms with Crippen LogP contribution < -0.4 is 15.2 Å². The van der Waals surface area contributed by atoms with Gasteiger partial charge in [-0.15, -0.1) is 0 Å². The number of nitrogens with zero attached hydrogens (tertiary/aromatic N) is 1. The van der Waals surface area contributed by atoms with Gasteiger partial charge in [0.05, 0.1) is 6.20 Å². The van der Waals surface area contributed by atoms with Gasteiger partial charge in [-0.2, -0.15) is 5.10 Å². The molecule has 0 spiro atoms. The van der Waals surface area contributed by atoms with Crippen molar-refractivity contribution in [2.45, 2.75) is 13.3 Å². The maximum atomic E-state index is 5.60. The van der Waals surface area contributed by atoms with E-state index in [1.165, 1.54) is 0 Å². The molecule has 5 heteroatoms. The molecule has 0 radical (unpaired) electrons. The number of nitrogens with one attached hydrogen (secondary N) is 1. The summed E-state index contributed by atoms with van der Waals surface area (Å²) in [5, 5.41) is 7.10. The van der Waals surface area contributed by atoms with Crippen molar-refractivity contribution in [1.82, 2.24) is 10.2 Å². The summed E-state index contributed by atoms with van der Waals surface area (Å²) in [6, 6.07) is 4.00. The highest BCUT2D eigenvalue weighted by Crippen LogP contribution is 2.38. The second-order valence-electron chi connectivity index (χ2n) is 4.32. The summed E-state index contributed by atoms with van der Waals surface area (Å²) in [5.74, 6) is 1.59. The first kappa shape index (κ1) is 11.1. The minimum atomic E-state index is 0.291. The van der Waals surface area contributed by atoms with Gasteiger partial charge in [0.25, 0.3) is 0 Å². The van der Waals surface area contributed by atoms with Crippen molar-refractivity contribution in [3.05, 3.63) is 29.6 Å². The Labute approximate surface area is 105 Å². The molecular formula is C13H15N3O2. The first-order valence-corrected chi connectivity index (χ1v) is 5.92. The van der Waals surface area contributed by atoms with Gasteiger partial charge in [0.2, 0.25) is 6.79 Å². The summed E-state index contributed by atoms with van der Waals surface area (Å²) < 4.78 is 10.8. The van der Waals surface area contributed by atoms with Crippen molar-refractivity contribution in [3.8, 4) is 22.6 Å². The summed E-state index contributed by atoms with van der Waals surface area (Å²) in [6.45, 7) is 2.94. The zero-order chi connectivity index (χ0) is 12.5. The Morgan fingerprint density at radius 3 is 2.83 bits per heavy atom. The number of aromatic nitrogens is 2. The molecule has 94 valence electrons. The lowest BCUT2D eigenvalue weighted by molar-refractivity contribution is 0.174. The van der Waals surface area contributed by atoms with E-state index < -0.39 is 0 Å². The molecule has 3 N–H and O–H groups in total. The molecule has 0 atom stereocenters. The van der Waals surface area contributed by atoms with Crippen molar-refractivity contribution in [2.75, 3.05) is 13.3 Å². The van der Waals surface area contributed by atoms with Crippen LogP contribution in [0.3, 0.4) is 0 Å². The third-order valence-electron chi connectivity index (χ3n) is 3.12. The summed E-state index contributed by atoms with van der Waals surface area (Å²) in [7, 11) is 0. The molecule has 0 saturated carbocycles. The molecule has 3 rings (SSSR count). The van der Waals surface area contributed by atoms with Crippen molar-refractivity contribution in [3.63, 3.8) is 0 Å². The normalized spacial score (nSPS) is 13.0. The quantitative estimate of drug-likeness (QED) is 0.861. The van der Waals surface area contributed by atoms with E-state index >= 15 is 0 Å². The van der Waals surface area contributed by atoms with Crippen LogP contribution in [0.15, 0.2) is 18.3 Å². The van der Waals surface area contributed by atoms with E-state index in [0.29, 0.717) is 13.3 Å². The van der Waals surface area contributed by atoms with E-state index in [9.17, 15) is 0 Å². The summed E-state index contributed by atoms with van der Waals surface area (Å²) >= 11 is 0. The average Bonchev–Trinajstić information content (AvgIpc) is 2.96. The first-order chi connectivity index (χ1) is 8.79. The molecule has 0 aliphatic carbocycles. The average molecular weight is 245 g/mol. The molecule has 0 unspecified atom stereocenters. The van der Waals surface area contributed by atoms with Crippen LogP contribution in [0.25, 0.3) is 11.1 Å². The minimum absolute atomic E-state index is 0.291. The Bertz CT molecular complexity index is 578. The lowest BCUT2D eigenvalue weighted by Gasteiger charge is -2.07. The second kappa shape index (κ2) is 4.34. The van der Waals surface area contributed by atoms with Gasteiger partial charge >= 0.3 is 0 Å². The summed E-state index contributed by atoms with van der Waals surface area (Å²) in [6.07, 6.45) is 2.61. The first-order valence-electron chi connectivity index (χ1n) is 5.92. The maximum Gasteiger partial charge on any atom is 0.231 e. The molecule has 18 heavy (non-hydrogen) atoms. The van der Waals surface area contributed by atoms with Crippen molar-refractivity contribution in [1.29, 1.82) is 0 Å². The van der Waals surface area contributed by atoms with Crippen molar-refractivity contribution in [2.24, 2.45) is 5.73 Å². The molecule has 2 aromatic rings. The van der Waals surface area contributed by atoms with E-state index in [4.69, 9.17) is 15.2 Å². The van der Waals surface area contributed by atoms with Crippen LogP contribution in [0.2, 0.25) is 0 Å². The Morgan fingerprint density at radius 1 is 1.28 bits per heavy atom. The molecular weight excluding hydrogens is 230 g/mol. The number of H-pyrrole nitrogens is 1. The highest BCUT2D eigenvalue weighted by molar-refractivity contribution is 5.72.